The first-order chi connectivity index (χ1) is 7.11. The molecule has 0 radical (unpaired) electrons. The maximum Gasteiger partial charge on any atom is -0.0239 e. The third kappa shape index (κ3) is 8.26. The Bertz CT molecular complexity index is 133. The molecule has 0 aliphatic heterocycles. The first-order valence-corrected chi connectivity index (χ1v) is 7.54. The van der Waals surface area contributed by atoms with Gasteiger partial charge in [-0.3, -0.25) is 0 Å². The van der Waals surface area contributed by atoms with E-state index >= 15 is 0 Å². The predicted molar refractivity (Wildman–Crippen MR) is 75.5 cm³/mol. The molecule has 1 heteroatoms. The van der Waals surface area contributed by atoms with E-state index in [0.717, 1.165) is 17.5 Å². The van der Waals surface area contributed by atoms with Gasteiger partial charge in [0.25, 0.3) is 0 Å². The van der Waals surface area contributed by atoms with E-state index in [-0.39, 0.29) is 0 Å². The van der Waals surface area contributed by atoms with Crippen molar-refractivity contribution in [2.75, 3.05) is 0 Å². The summed E-state index contributed by atoms with van der Waals surface area (Å²) in [5, 5.41) is 0. The van der Waals surface area contributed by atoms with Crippen LogP contribution in [0.25, 0.3) is 0 Å². The SMILES string of the molecule is CCCC(P)C(C)CCC[C@H](C)CCC. The van der Waals surface area contributed by atoms with Crippen molar-refractivity contribution in [2.45, 2.75) is 78.3 Å². The Morgan fingerprint density at radius 2 is 1.47 bits per heavy atom. The Morgan fingerprint density at radius 1 is 0.867 bits per heavy atom. The zero-order chi connectivity index (χ0) is 11.7. The third-order valence-corrected chi connectivity index (χ3v) is 4.48. The van der Waals surface area contributed by atoms with Gasteiger partial charge in [0.15, 0.2) is 0 Å². The molecular weight excluding hydrogens is 199 g/mol. The minimum Gasteiger partial charge on any atom is -0.134 e. The minimum atomic E-state index is 0.844. The van der Waals surface area contributed by atoms with E-state index in [1.165, 1.54) is 44.9 Å². The molecule has 0 aromatic carbocycles. The molecule has 0 aliphatic rings. The first-order valence-electron chi connectivity index (χ1n) is 6.87. The molecule has 0 bridgehead atoms. The first kappa shape index (κ1) is 15.4. The zero-order valence-electron chi connectivity index (χ0n) is 11.3. The van der Waals surface area contributed by atoms with Crippen molar-refractivity contribution < 1.29 is 0 Å². The summed E-state index contributed by atoms with van der Waals surface area (Å²) in [6, 6.07) is 0. The Morgan fingerprint density at radius 3 is 2.00 bits per heavy atom. The van der Waals surface area contributed by atoms with Crippen molar-refractivity contribution >= 4 is 9.24 Å². The Labute approximate surface area is 99.8 Å². The summed E-state index contributed by atoms with van der Waals surface area (Å²) in [6.07, 6.45) is 9.73. The maximum atomic E-state index is 3.03. The van der Waals surface area contributed by atoms with Crippen LogP contribution in [0.15, 0.2) is 0 Å². The standard InChI is InChI=1S/C14H31P/c1-5-8-12(3)10-7-11-13(4)14(15)9-6-2/h12-14H,5-11,15H2,1-4H3/t12-,13?,14?/m1/s1. The highest BCUT2D eigenvalue weighted by Crippen LogP contribution is 2.24. The molecule has 0 aliphatic carbocycles. The van der Waals surface area contributed by atoms with Crippen LogP contribution >= 0.6 is 9.24 Å². The molecule has 0 N–H and O–H groups in total. The van der Waals surface area contributed by atoms with E-state index in [4.69, 9.17) is 0 Å². The third-order valence-electron chi connectivity index (χ3n) is 3.49. The highest BCUT2D eigenvalue weighted by molar-refractivity contribution is 7.17. The largest absolute Gasteiger partial charge is 0.134 e. The van der Waals surface area contributed by atoms with Crippen LogP contribution < -0.4 is 0 Å². The molecular formula is C14H31P. The number of hydrogen-bond donors (Lipinski definition) is 0. The quantitative estimate of drug-likeness (QED) is 0.473. The highest BCUT2D eigenvalue weighted by Gasteiger charge is 2.11. The summed E-state index contributed by atoms with van der Waals surface area (Å²) in [7, 11) is 3.03. The van der Waals surface area contributed by atoms with Crippen molar-refractivity contribution in [1.29, 1.82) is 0 Å². The molecule has 3 unspecified atom stereocenters. The van der Waals surface area contributed by atoms with Crippen molar-refractivity contribution in [3.63, 3.8) is 0 Å². The fourth-order valence-electron chi connectivity index (χ4n) is 2.26. The Kier molecular flexibility index (Phi) is 9.92. The molecule has 0 amide bonds. The van der Waals surface area contributed by atoms with Gasteiger partial charge in [-0.05, 0) is 23.9 Å². The summed E-state index contributed by atoms with van der Waals surface area (Å²) in [5.74, 6) is 1.83. The topological polar surface area (TPSA) is 0 Å². The lowest BCUT2D eigenvalue weighted by Crippen LogP contribution is -2.10. The second-order valence-corrected chi connectivity index (χ2v) is 6.11. The van der Waals surface area contributed by atoms with E-state index in [1.807, 2.05) is 0 Å². The van der Waals surface area contributed by atoms with Crippen molar-refractivity contribution in [2.24, 2.45) is 11.8 Å². The normalized spacial score (nSPS) is 17.4. The Balaban J connectivity index is 3.49. The van der Waals surface area contributed by atoms with E-state index in [1.54, 1.807) is 0 Å². The van der Waals surface area contributed by atoms with Gasteiger partial charge in [0.05, 0.1) is 0 Å². The lowest BCUT2D eigenvalue weighted by molar-refractivity contribution is 0.408. The summed E-state index contributed by atoms with van der Waals surface area (Å²) in [6.45, 7) is 9.39. The minimum absolute atomic E-state index is 0.844. The Hall–Kier alpha value is 0.430. The van der Waals surface area contributed by atoms with E-state index in [9.17, 15) is 0 Å². The molecule has 0 spiro atoms. The maximum absolute atomic E-state index is 3.03. The smallest absolute Gasteiger partial charge is 0.0239 e. The molecule has 15 heavy (non-hydrogen) atoms. The summed E-state index contributed by atoms with van der Waals surface area (Å²) < 4.78 is 0. The van der Waals surface area contributed by atoms with Crippen LogP contribution in [0.2, 0.25) is 0 Å². The van der Waals surface area contributed by atoms with Gasteiger partial charge >= 0.3 is 0 Å². The molecule has 0 saturated heterocycles. The van der Waals surface area contributed by atoms with Crippen LogP contribution in [0.5, 0.6) is 0 Å². The van der Waals surface area contributed by atoms with Crippen LogP contribution in [0.4, 0.5) is 0 Å². The second kappa shape index (κ2) is 9.64. The summed E-state index contributed by atoms with van der Waals surface area (Å²) >= 11 is 0. The van der Waals surface area contributed by atoms with Gasteiger partial charge in [-0.25, -0.2) is 0 Å². The molecule has 0 aromatic rings. The van der Waals surface area contributed by atoms with Gasteiger partial charge in [0.1, 0.15) is 0 Å². The monoisotopic (exact) mass is 230 g/mol. The van der Waals surface area contributed by atoms with Gasteiger partial charge < -0.3 is 0 Å². The highest BCUT2D eigenvalue weighted by atomic mass is 31.0. The van der Waals surface area contributed by atoms with Crippen molar-refractivity contribution in [3.05, 3.63) is 0 Å². The number of rotatable bonds is 9. The molecule has 0 aromatic heterocycles. The zero-order valence-corrected chi connectivity index (χ0v) is 12.4. The average molecular weight is 230 g/mol. The fraction of sp³-hybridized carbons (Fsp3) is 1.00. The molecule has 0 heterocycles. The molecule has 4 atom stereocenters. The van der Waals surface area contributed by atoms with Gasteiger partial charge in [-0.1, -0.05) is 66.2 Å². The van der Waals surface area contributed by atoms with Crippen LogP contribution in [-0.2, 0) is 0 Å². The van der Waals surface area contributed by atoms with Gasteiger partial charge in [0.2, 0.25) is 0 Å². The van der Waals surface area contributed by atoms with E-state index in [2.05, 4.69) is 36.9 Å². The molecule has 92 valence electrons. The van der Waals surface area contributed by atoms with Crippen LogP contribution in [-0.4, -0.2) is 5.66 Å². The lowest BCUT2D eigenvalue weighted by atomic mass is 9.93. The van der Waals surface area contributed by atoms with Gasteiger partial charge in [0, 0.05) is 0 Å². The second-order valence-electron chi connectivity index (χ2n) is 5.25. The van der Waals surface area contributed by atoms with E-state index in [0.29, 0.717) is 0 Å². The van der Waals surface area contributed by atoms with Crippen LogP contribution in [0.3, 0.4) is 0 Å². The van der Waals surface area contributed by atoms with Crippen LogP contribution in [0, 0.1) is 11.8 Å². The average Bonchev–Trinajstić information content (AvgIpc) is 2.18. The van der Waals surface area contributed by atoms with Gasteiger partial charge in [-0.2, -0.15) is 0 Å². The molecule has 0 saturated carbocycles. The van der Waals surface area contributed by atoms with Crippen LogP contribution in [0.1, 0.15) is 72.6 Å². The number of hydrogen-bond acceptors (Lipinski definition) is 0. The molecule has 0 rings (SSSR count). The fourth-order valence-corrected chi connectivity index (χ4v) is 2.78. The van der Waals surface area contributed by atoms with Crippen molar-refractivity contribution in [3.8, 4) is 0 Å². The predicted octanol–water partition coefficient (Wildman–Crippen LogP) is 5.27. The summed E-state index contributed by atoms with van der Waals surface area (Å²) in [4.78, 5) is 0. The molecule has 0 fully saturated rings. The lowest BCUT2D eigenvalue weighted by Gasteiger charge is -2.19. The van der Waals surface area contributed by atoms with Gasteiger partial charge in [-0.15, -0.1) is 9.24 Å². The molecule has 0 nitrogen and oxygen atoms in total. The van der Waals surface area contributed by atoms with E-state index < -0.39 is 0 Å². The summed E-state index contributed by atoms with van der Waals surface area (Å²) in [5.41, 5.74) is 0.844. The van der Waals surface area contributed by atoms with Crippen molar-refractivity contribution in [1.82, 2.24) is 0 Å².